The molecule has 0 fully saturated rings. The highest BCUT2D eigenvalue weighted by Crippen LogP contribution is 2.20. The summed E-state index contributed by atoms with van der Waals surface area (Å²) >= 11 is 1.56. The van der Waals surface area contributed by atoms with Crippen molar-refractivity contribution < 1.29 is 4.79 Å². The smallest absolute Gasteiger partial charge is 0.252 e. The minimum absolute atomic E-state index is 0.0744. The van der Waals surface area contributed by atoms with E-state index < -0.39 is 0 Å². The second-order valence-corrected chi connectivity index (χ2v) is 6.72. The largest absolute Gasteiger partial charge is 0.351 e. The predicted octanol–water partition coefficient (Wildman–Crippen LogP) is 2.50. The van der Waals surface area contributed by atoms with Crippen LogP contribution in [-0.2, 0) is 7.05 Å². The van der Waals surface area contributed by atoms with Crippen LogP contribution >= 0.6 is 11.8 Å². The third kappa shape index (κ3) is 3.56. The van der Waals surface area contributed by atoms with E-state index in [2.05, 4.69) is 20.5 Å². The van der Waals surface area contributed by atoms with Crippen molar-refractivity contribution in [3.05, 3.63) is 47.4 Å². The van der Waals surface area contributed by atoms with Crippen LogP contribution in [0.4, 0.5) is 0 Å². The van der Waals surface area contributed by atoms with Gasteiger partial charge in [-0.15, -0.1) is 10.2 Å². The van der Waals surface area contributed by atoms with Gasteiger partial charge < -0.3 is 9.88 Å². The number of hydrogen-bond donors (Lipinski definition) is 1. The van der Waals surface area contributed by atoms with E-state index in [-0.39, 0.29) is 5.91 Å². The SMILES string of the molecule is Cc1ccc2nc(C)cc(C(=O)NCCSc3nncn3C)c2c1. The van der Waals surface area contributed by atoms with Gasteiger partial charge >= 0.3 is 0 Å². The Bertz CT molecular complexity index is 890. The lowest BCUT2D eigenvalue weighted by Gasteiger charge is -2.09. The summed E-state index contributed by atoms with van der Waals surface area (Å²) in [6.45, 7) is 4.48. The topological polar surface area (TPSA) is 72.7 Å². The van der Waals surface area contributed by atoms with Crippen LogP contribution in [0.1, 0.15) is 21.6 Å². The lowest BCUT2D eigenvalue weighted by Crippen LogP contribution is -2.26. The first kappa shape index (κ1) is 16.4. The number of amides is 1. The van der Waals surface area contributed by atoms with Gasteiger partial charge in [0.05, 0.1) is 11.1 Å². The average Bonchev–Trinajstić information content (AvgIpc) is 2.96. The number of thioether (sulfide) groups is 1. The zero-order chi connectivity index (χ0) is 17.1. The van der Waals surface area contributed by atoms with E-state index in [4.69, 9.17) is 0 Å². The van der Waals surface area contributed by atoms with Crippen molar-refractivity contribution in [2.24, 2.45) is 7.05 Å². The van der Waals surface area contributed by atoms with Crippen LogP contribution < -0.4 is 5.32 Å². The molecule has 0 atom stereocenters. The molecule has 2 aromatic heterocycles. The van der Waals surface area contributed by atoms with Crippen LogP contribution in [-0.4, -0.2) is 38.0 Å². The molecule has 0 aliphatic heterocycles. The fraction of sp³-hybridized carbons (Fsp3) is 0.294. The van der Waals surface area contributed by atoms with E-state index in [1.165, 1.54) is 0 Å². The maximum absolute atomic E-state index is 12.6. The standard InChI is InChI=1S/C17H19N5OS/c1-11-4-5-15-13(8-11)14(9-12(2)20-15)16(23)18-6-7-24-17-21-19-10-22(17)3/h4-5,8-10H,6-7H2,1-3H3,(H,18,23). The Morgan fingerprint density at radius 2 is 2.12 bits per heavy atom. The molecule has 0 saturated heterocycles. The highest BCUT2D eigenvalue weighted by Gasteiger charge is 2.12. The number of rotatable bonds is 5. The second-order valence-electron chi connectivity index (χ2n) is 5.66. The van der Waals surface area contributed by atoms with Gasteiger partial charge in [0.25, 0.3) is 5.91 Å². The highest BCUT2D eigenvalue weighted by molar-refractivity contribution is 7.99. The number of aromatic nitrogens is 4. The first-order chi connectivity index (χ1) is 11.5. The summed E-state index contributed by atoms with van der Waals surface area (Å²) in [7, 11) is 1.90. The summed E-state index contributed by atoms with van der Waals surface area (Å²) in [5.74, 6) is 0.661. The minimum atomic E-state index is -0.0744. The first-order valence-electron chi connectivity index (χ1n) is 7.67. The van der Waals surface area contributed by atoms with E-state index in [0.717, 1.165) is 33.1 Å². The molecule has 1 amide bonds. The predicted molar refractivity (Wildman–Crippen MR) is 95.3 cm³/mol. The molecule has 124 valence electrons. The van der Waals surface area contributed by atoms with Crippen LogP contribution in [0.5, 0.6) is 0 Å². The molecule has 0 spiro atoms. The molecule has 2 heterocycles. The Morgan fingerprint density at radius 3 is 2.88 bits per heavy atom. The minimum Gasteiger partial charge on any atom is -0.351 e. The quantitative estimate of drug-likeness (QED) is 0.570. The van der Waals surface area contributed by atoms with Crippen LogP contribution in [0.25, 0.3) is 10.9 Å². The van der Waals surface area contributed by atoms with Crippen LogP contribution in [0, 0.1) is 13.8 Å². The van der Waals surface area contributed by atoms with Crippen molar-refractivity contribution in [1.82, 2.24) is 25.1 Å². The van der Waals surface area contributed by atoms with E-state index in [1.807, 2.05) is 49.7 Å². The van der Waals surface area contributed by atoms with Gasteiger partial charge in [-0.1, -0.05) is 23.4 Å². The molecular weight excluding hydrogens is 322 g/mol. The molecule has 0 unspecified atom stereocenters. The zero-order valence-corrected chi connectivity index (χ0v) is 14.7. The number of nitrogens with one attached hydrogen (secondary N) is 1. The van der Waals surface area contributed by atoms with Crippen LogP contribution in [0.3, 0.4) is 0 Å². The van der Waals surface area contributed by atoms with Gasteiger partial charge in [0.1, 0.15) is 6.33 Å². The molecule has 3 aromatic rings. The van der Waals surface area contributed by atoms with E-state index in [1.54, 1.807) is 18.1 Å². The molecule has 6 nitrogen and oxygen atoms in total. The molecule has 1 aromatic carbocycles. The van der Waals surface area contributed by atoms with Gasteiger partial charge in [-0.2, -0.15) is 0 Å². The molecule has 1 N–H and O–H groups in total. The highest BCUT2D eigenvalue weighted by atomic mass is 32.2. The van der Waals surface area contributed by atoms with E-state index in [9.17, 15) is 4.79 Å². The monoisotopic (exact) mass is 341 g/mol. The molecule has 0 radical (unpaired) electrons. The molecule has 7 heteroatoms. The number of pyridine rings is 1. The molecule has 24 heavy (non-hydrogen) atoms. The number of aryl methyl sites for hydroxylation is 3. The van der Waals surface area contributed by atoms with Crippen molar-refractivity contribution in [2.45, 2.75) is 19.0 Å². The van der Waals surface area contributed by atoms with Gasteiger partial charge in [0.2, 0.25) is 0 Å². The summed E-state index contributed by atoms with van der Waals surface area (Å²) in [4.78, 5) is 17.1. The summed E-state index contributed by atoms with van der Waals surface area (Å²) in [5.41, 5.74) is 3.47. The third-order valence-electron chi connectivity index (χ3n) is 3.63. The molecule has 0 bridgehead atoms. The number of fused-ring (bicyclic) bond motifs is 1. The van der Waals surface area contributed by atoms with Crippen molar-refractivity contribution in [1.29, 1.82) is 0 Å². The lowest BCUT2D eigenvalue weighted by atomic mass is 10.0. The zero-order valence-electron chi connectivity index (χ0n) is 13.9. The molecule has 0 aliphatic carbocycles. The number of benzene rings is 1. The number of nitrogens with zero attached hydrogens (tertiary/aromatic N) is 4. The van der Waals surface area contributed by atoms with Gasteiger partial charge in [-0.25, -0.2) is 0 Å². The molecule has 0 aliphatic rings. The van der Waals surface area contributed by atoms with Gasteiger partial charge in [0.15, 0.2) is 5.16 Å². The Balaban J connectivity index is 1.69. The van der Waals surface area contributed by atoms with E-state index >= 15 is 0 Å². The van der Waals surface area contributed by atoms with Gasteiger partial charge in [-0.05, 0) is 32.0 Å². The lowest BCUT2D eigenvalue weighted by molar-refractivity contribution is 0.0957. The van der Waals surface area contributed by atoms with Crippen LogP contribution in [0.2, 0.25) is 0 Å². The van der Waals surface area contributed by atoms with E-state index in [0.29, 0.717) is 12.1 Å². The molecule has 3 rings (SSSR count). The van der Waals surface area contributed by atoms with Crippen molar-refractivity contribution in [3.8, 4) is 0 Å². The molecule has 0 saturated carbocycles. The van der Waals surface area contributed by atoms with Crippen LogP contribution in [0.15, 0.2) is 35.7 Å². The second kappa shape index (κ2) is 7.00. The Labute approximate surface area is 144 Å². The van der Waals surface area contributed by atoms with Gasteiger partial charge in [-0.3, -0.25) is 9.78 Å². The van der Waals surface area contributed by atoms with Gasteiger partial charge in [0, 0.05) is 30.4 Å². The van der Waals surface area contributed by atoms with Crippen molar-refractivity contribution in [2.75, 3.05) is 12.3 Å². The number of carbonyl (C=O) groups excluding carboxylic acids is 1. The normalized spacial score (nSPS) is 11.0. The maximum atomic E-state index is 12.6. The summed E-state index contributed by atoms with van der Waals surface area (Å²) < 4.78 is 1.86. The fourth-order valence-corrected chi connectivity index (χ4v) is 3.21. The molecular formula is C17H19N5OS. The fourth-order valence-electron chi connectivity index (χ4n) is 2.47. The number of carbonyl (C=O) groups is 1. The Morgan fingerprint density at radius 1 is 1.29 bits per heavy atom. The average molecular weight is 341 g/mol. The summed E-state index contributed by atoms with van der Waals surface area (Å²) in [6.07, 6.45) is 1.66. The summed E-state index contributed by atoms with van der Waals surface area (Å²) in [5, 5.41) is 12.5. The number of hydrogen-bond acceptors (Lipinski definition) is 5. The first-order valence-corrected chi connectivity index (χ1v) is 8.66. The summed E-state index contributed by atoms with van der Waals surface area (Å²) in [6, 6.07) is 7.81. The van der Waals surface area contributed by atoms with Crippen molar-refractivity contribution >= 4 is 28.6 Å². The Kier molecular flexibility index (Phi) is 4.80. The van der Waals surface area contributed by atoms with Crippen molar-refractivity contribution in [3.63, 3.8) is 0 Å². The maximum Gasteiger partial charge on any atom is 0.252 e. The third-order valence-corrected chi connectivity index (χ3v) is 4.66. The Hall–Kier alpha value is -2.41.